The highest BCUT2D eigenvalue weighted by molar-refractivity contribution is 7.89. The van der Waals surface area contributed by atoms with Gasteiger partial charge in [-0.25, -0.2) is 8.42 Å². The smallest absolute Gasteiger partial charge is 0.245 e. The zero-order valence-electron chi connectivity index (χ0n) is 12.6. The average molecular weight is 345 g/mol. The molecule has 3 aliphatic rings. The van der Waals surface area contributed by atoms with Crippen LogP contribution in [0.2, 0.25) is 5.02 Å². The van der Waals surface area contributed by atoms with Gasteiger partial charge in [0.2, 0.25) is 10.0 Å². The van der Waals surface area contributed by atoms with Crippen LogP contribution in [0.5, 0.6) is 5.75 Å². The topological polar surface area (TPSA) is 72.6 Å². The summed E-state index contributed by atoms with van der Waals surface area (Å²) in [5.74, 6) is 0.902. The number of piperidine rings is 2. The summed E-state index contributed by atoms with van der Waals surface area (Å²) in [5.41, 5.74) is 5.51. The maximum absolute atomic E-state index is 13.2. The van der Waals surface area contributed by atoms with Crippen LogP contribution in [0, 0.1) is 5.92 Å². The van der Waals surface area contributed by atoms with Gasteiger partial charge in [-0.15, -0.1) is 0 Å². The Morgan fingerprint density at radius 3 is 2.68 bits per heavy atom. The molecule has 0 unspecified atom stereocenters. The normalized spacial score (nSPS) is 28.8. The second-order valence-electron chi connectivity index (χ2n) is 6.20. The number of rotatable bonds is 4. The summed E-state index contributed by atoms with van der Waals surface area (Å²) in [7, 11) is -2.18. The Morgan fingerprint density at radius 1 is 1.41 bits per heavy atom. The lowest BCUT2D eigenvalue weighted by Crippen LogP contribution is -2.63. The van der Waals surface area contributed by atoms with Crippen molar-refractivity contribution >= 4 is 21.6 Å². The van der Waals surface area contributed by atoms with Crippen LogP contribution in [-0.2, 0) is 10.0 Å². The van der Waals surface area contributed by atoms with Crippen molar-refractivity contribution in [3.05, 3.63) is 23.2 Å². The van der Waals surface area contributed by atoms with Crippen LogP contribution in [0.4, 0.5) is 0 Å². The van der Waals surface area contributed by atoms with Crippen molar-refractivity contribution in [3.8, 4) is 5.75 Å². The maximum Gasteiger partial charge on any atom is 0.245 e. The molecule has 22 heavy (non-hydrogen) atoms. The molecule has 2 heterocycles. The number of hydrogen-bond donors (Lipinski definition) is 1. The molecule has 0 spiro atoms. The Labute approximate surface area is 136 Å². The summed E-state index contributed by atoms with van der Waals surface area (Å²) in [6.07, 6.45) is 3.76. The molecule has 0 amide bonds. The Hall–Kier alpha value is -0.820. The van der Waals surface area contributed by atoms with Crippen molar-refractivity contribution in [2.24, 2.45) is 11.7 Å². The number of hydrogen-bond acceptors (Lipinski definition) is 4. The quantitative estimate of drug-likeness (QED) is 0.909. The summed E-state index contributed by atoms with van der Waals surface area (Å²) in [6, 6.07) is 4.71. The van der Waals surface area contributed by atoms with Gasteiger partial charge >= 0.3 is 0 Å². The monoisotopic (exact) mass is 344 g/mol. The predicted octanol–water partition coefficient (Wildman–Crippen LogP) is 2.24. The van der Waals surface area contributed by atoms with E-state index in [0.29, 0.717) is 24.8 Å². The lowest BCUT2D eigenvalue weighted by molar-refractivity contribution is 0.0355. The third-order valence-electron chi connectivity index (χ3n) is 5.08. The minimum Gasteiger partial charge on any atom is -0.497 e. The minimum absolute atomic E-state index is 0.105. The first-order valence-electron chi connectivity index (χ1n) is 7.49. The summed E-state index contributed by atoms with van der Waals surface area (Å²) >= 11 is 6.15. The molecule has 7 heteroatoms. The largest absolute Gasteiger partial charge is 0.497 e. The summed E-state index contributed by atoms with van der Waals surface area (Å²) < 4.78 is 33.1. The van der Waals surface area contributed by atoms with E-state index in [1.165, 1.54) is 13.2 Å². The average Bonchev–Trinajstić information content (AvgIpc) is 2.56. The lowest BCUT2D eigenvalue weighted by atomic mass is 9.72. The highest BCUT2D eigenvalue weighted by Gasteiger charge is 2.51. The fraction of sp³-hybridized carbons (Fsp3) is 0.600. The van der Waals surface area contributed by atoms with Gasteiger partial charge in [-0.05, 0) is 43.7 Å². The molecule has 2 bridgehead atoms. The molecule has 1 saturated carbocycles. The Balaban J connectivity index is 2.06. The van der Waals surface area contributed by atoms with E-state index in [1.54, 1.807) is 16.4 Å². The highest BCUT2D eigenvalue weighted by atomic mass is 35.5. The fourth-order valence-corrected chi connectivity index (χ4v) is 6.06. The molecule has 5 nitrogen and oxygen atoms in total. The number of benzene rings is 1. The van der Waals surface area contributed by atoms with Crippen LogP contribution in [0.25, 0.3) is 0 Å². The number of fused-ring (bicyclic) bond motifs is 3. The second-order valence-corrected chi connectivity index (χ2v) is 8.44. The molecular formula is C15H21ClN2O3S. The van der Waals surface area contributed by atoms with Gasteiger partial charge in [-0.2, -0.15) is 4.31 Å². The molecule has 3 fully saturated rings. The van der Waals surface area contributed by atoms with Crippen molar-refractivity contribution in [1.29, 1.82) is 0 Å². The van der Waals surface area contributed by atoms with E-state index in [-0.39, 0.29) is 9.92 Å². The molecule has 1 aromatic rings. The second kappa shape index (κ2) is 5.67. The molecule has 2 aliphatic heterocycles. The molecule has 1 aromatic carbocycles. The van der Waals surface area contributed by atoms with Crippen molar-refractivity contribution in [3.63, 3.8) is 0 Å². The molecule has 122 valence electrons. The zero-order chi connectivity index (χ0) is 16.0. The van der Waals surface area contributed by atoms with Crippen LogP contribution in [-0.4, -0.2) is 38.5 Å². The standard InChI is InChI=1S/C15H21ClN2O3S/c1-21-12-2-3-13(16)14(8-12)22(19,20)18-9-11-4-6-15(18,10-17)7-5-11/h2-3,8,11H,4-7,9-10,17H2,1H3. The number of sulfonamides is 1. The molecule has 2 saturated heterocycles. The molecule has 1 aliphatic carbocycles. The van der Waals surface area contributed by atoms with E-state index < -0.39 is 15.6 Å². The fourth-order valence-electron chi connectivity index (χ4n) is 3.66. The van der Waals surface area contributed by atoms with Crippen LogP contribution >= 0.6 is 11.6 Å². The van der Waals surface area contributed by atoms with Gasteiger partial charge in [0, 0.05) is 24.7 Å². The Morgan fingerprint density at radius 2 is 2.09 bits per heavy atom. The first-order chi connectivity index (χ1) is 10.4. The van der Waals surface area contributed by atoms with Crippen LogP contribution in [0.15, 0.2) is 23.1 Å². The number of ether oxygens (including phenoxy) is 1. The SMILES string of the molecule is COc1ccc(Cl)c(S(=O)(=O)N2CC3CCC2(CN)CC3)c1. The number of nitrogens with zero attached hydrogens (tertiary/aromatic N) is 1. The van der Waals surface area contributed by atoms with E-state index in [1.807, 2.05) is 0 Å². The molecule has 0 atom stereocenters. The van der Waals surface area contributed by atoms with E-state index in [4.69, 9.17) is 22.1 Å². The minimum atomic E-state index is -3.69. The summed E-state index contributed by atoms with van der Waals surface area (Å²) in [4.78, 5) is 0.105. The van der Waals surface area contributed by atoms with Crippen LogP contribution in [0.1, 0.15) is 25.7 Å². The molecule has 0 aromatic heterocycles. The van der Waals surface area contributed by atoms with Gasteiger partial charge in [0.15, 0.2) is 0 Å². The van der Waals surface area contributed by atoms with Gasteiger partial charge in [-0.1, -0.05) is 11.6 Å². The van der Waals surface area contributed by atoms with Gasteiger partial charge in [0.05, 0.1) is 12.1 Å². The van der Waals surface area contributed by atoms with Gasteiger partial charge in [0.25, 0.3) is 0 Å². The van der Waals surface area contributed by atoms with Crippen LogP contribution < -0.4 is 10.5 Å². The van der Waals surface area contributed by atoms with Gasteiger partial charge in [0.1, 0.15) is 10.6 Å². The first-order valence-corrected chi connectivity index (χ1v) is 9.31. The third-order valence-corrected chi connectivity index (χ3v) is 7.53. The van der Waals surface area contributed by atoms with E-state index in [9.17, 15) is 8.42 Å². The van der Waals surface area contributed by atoms with Gasteiger partial charge < -0.3 is 10.5 Å². The Bertz CT molecular complexity index is 669. The van der Waals surface area contributed by atoms with Crippen LogP contribution in [0.3, 0.4) is 0 Å². The van der Waals surface area contributed by atoms with Crippen molar-refractivity contribution < 1.29 is 13.2 Å². The first kappa shape index (κ1) is 16.1. The van der Waals surface area contributed by atoms with Crippen molar-refractivity contribution in [2.75, 3.05) is 20.2 Å². The van der Waals surface area contributed by atoms with Crippen molar-refractivity contribution in [2.45, 2.75) is 36.1 Å². The highest BCUT2D eigenvalue weighted by Crippen LogP contribution is 2.46. The zero-order valence-corrected chi connectivity index (χ0v) is 14.2. The summed E-state index contributed by atoms with van der Waals surface area (Å²) in [6.45, 7) is 0.883. The molecular weight excluding hydrogens is 324 g/mol. The molecule has 4 rings (SSSR count). The lowest BCUT2D eigenvalue weighted by Gasteiger charge is -2.53. The third kappa shape index (κ3) is 2.42. The Kier molecular flexibility index (Phi) is 4.14. The number of halogens is 1. The maximum atomic E-state index is 13.2. The van der Waals surface area contributed by atoms with Gasteiger partial charge in [-0.3, -0.25) is 0 Å². The molecule has 2 N–H and O–H groups in total. The van der Waals surface area contributed by atoms with Crippen molar-refractivity contribution in [1.82, 2.24) is 4.31 Å². The number of methoxy groups -OCH3 is 1. The van der Waals surface area contributed by atoms with E-state index >= 15 is 0 Å². The van der Waals surface area contributed by atoms with E-state index in [2.05, 4.69) is 0 Å². The number of nitrogens with two attached hydrogens (primary N) is 1. The summed E-state index contributed by atoms with van der Waals surface area (Å²) in [5, 5.41) is 0.217. The molecule has 0 radical (unpaired) electrons. The van der Waals surface area contributed by atoms with E-state index in [0.717, 1.165) is 25.7 Å². The predicted molar refractivity (Wildman–Crippen MR) is 85.6 cm³/mol.